The molecule has 1 heterocycles. The third-order valence-corrected chi connectivity index (χ3v) is 8.14. The van der Waals surface area contributed by atoms with E-state index >= 15 is 0 Å². The molecule has 1 amide bonds. The van der Waals surface area contributed by atoms with E-state index in [0.717, 1.165) is 74.6 Å². The molecule has 0 spiro atoms. The lowest BCUT2D eigenvalue weighted by Crippen LogP contribution is -2.39. The first kappa shape index (κ1) is 32.0. The number of anilines is 1. The van der Waals surface area contributed by atoms with Crippen LogP contribution in [-0.2, 0) is 4.79 Å². The van der Waals surface area contributed by atoms with E-state index in [1.54, 1.807) is 24.3 Å². The lowest BCUT2D eigenvalue weighted by molar-refractivity contribution is -0.113. The highest BCUT2D eigenvalue weighted by Crippen LogP contribution is 2.30. The van der Waals surface area contributed by atoms with E-state index in [0.29, 0.717) is 11.6 Å². The van der Waals surface area contributed by atoms with Gasteiger partial charge in [-0.3, -0.25) is 14.5 Å². The van der Waals surface area contributed by atoms with Gasteiger partial charge in [-0.2, -0.15) is 0 Å². The van der Waals surface area contributed by atoms with Gasteiger partial charge in [-0.25, -0.2) is 26.3 Å². The van der Waals surface area contributed by atoms with Gasteiger partial charge < -0.3 is 10.6 Å². The summed E-state index contributed by atoms with van der Waals surface area (Å²) in [6.45, 7) is 4.99. The third kappa shape index (κ3) is 7.47. The Kier molecular flexibility index (Phi) is 9.77. The average molecular weight is 628 g/mol. The maximum absolute atomic E-state index is 13.9. The summed E-state index contributed by atoms with van der Waals surface area (Å²) in [7, 11) is 0. The Hall–Kier alpha value is -4.38. The molecule has 5 nitrogen and oxygen atoms in total. The van der Waals surface area contributed by atoms with Crippen molar-refractivity contribution in [2.45, 2.75) is 44.7 Å². The Morgan fingerprint density at radius 3 is 1.84 bits per heavy atom. The molecule has 1 aliphatic carbocycles. The minimum absolute atomic E-state index is 0.0128. The van der Waals surface area contributed by atoms with Gasteiger partial charge in [0.05, 0.1) is 0 Å². The van der Waals surface area contributed by atoms with Gasteiger partial charge >= 0.3 is 0 Å². The third-order valence-electron chi connectivity index (χ3n) is 8.14. The lowest BCUT2D eigenvalue weighted by Gasteiger charge is -2.27. The van der Waals surface area contributed by atoms with Gasteiger partial charge in [0.1, 0.15) is 0 Å². The molecule has 3 aromatic rings. The smallest absolute Gasteiger partial charge is 0.251 e. The van der Waals surface area contributed by atoms with Crippen LogP contribution in [0.15, 0.2) is 59.7 Å². The van der Waals surface area contributed by atoms with Crippen LogP contribution in [0.4, 0.5) is 32.0 Å². The topological polar surface area (TPSA) is 61.4 Å². The molecule has 1 saturated carbocycles. The van der Waals surface area contributed by atoms with Crippen LogP contribution in [-0.4, -0.2) is 48.3 Å². The maximum atomic E-state index is 13.9. The van der Waals surface area contributed by atoms with Crippen molar-refractivity contribution >= 4 is 29.5 Å². The molecule has 2 N–H and O–H groups in total. The molecule has 1 unspecified atom stereocenters. The molecular formula is C34H31F6N3O2. The summed E-state index contributed by atoms with van der Waals surface area (Å²) in [5.41, 5.74) is 0.948. The van der Waals surface area contributed by atoms with E-state index in [4.69, 9.17) is 0 Å². The summed E-state index contributed by atoms with van der Waals surface area (Å²) >= 11 is 0. The number of hydrogen-bond donors (Lipinski definition) is 2. The fourth-order valence-electron chi connectivity index (χ4n) is 5.85. The van der Waals surface area contributed by atoms with Crippen molar-refractivity contribution < 1.29 is 35.9 Å². The number of nitrogens with zero attached hydrogens (tertiary/aromatic N) is 1. The number of carbonyl (C=O) groups excluding carboxylic acids is 2. The van der Waals surface area contributed by atoms with E-state index in [1.165, 1.54) is 0 Å². The molecule has 11 heteroatoms. The zero-order valence-electron chi connectivity index (χ0n) is 24.4. The molecule has 3 aromatic carbocycles. The molecule has 5 rings (SSSR count). The predicted molar refractivity (Wildman–Crippen MR) is 159 cm³/mol. The van der Waals surface area contributed by atoms with Crippen LogP contribution in [0, 0.1) is 34.9 Å². The Morgan fingerprint density at radius 2 is 1.36 bits per heavy atom. The van der Waals surface area contributed by atoms with E-state index in [1.807, 2.05) is 0 Å². The van der Waals surface area contributed by atoms with Gasteiger partial charge in [0.25, 0.3) is 5.91 Å². The molecule has 2 aliphatic rings. The number of nitrogens with one attached hydrogen (secondary N) is 2. The Morgan fingerprint density at radius 1 is 0.844 bits per heavy atom. The minimum Gasteiger partial charge on any atom is -0.383 e. The monoisotopic (exact) mass is 627 g/mol. The molecule has 1 saturated heterocycles. The number of likely N-dealkylation sites (N-methyl/N-ethyl adjacent to an activating group) is 1. The summed E-state index contributed by atoms with van der Waals surface area (Å²) < 4.78 is 82.6. The van der Waals surface area contributed by atoms with Crippen LogP contribution >= 0.6 is 0 Å². The fourth-order valence-corrected chi connectivity index (χ4v) is 5.85. The van der Waals surface area contributed by atoms with Gasteiger partial charge in [0, 0.05) is 41.0 Å². The first-order valence-corrected chi connectivity index (χ1v) is 14.7. The highest BCUT2D eigenvalue weighted by molar-refractivity contribution is 6.14. The van der Waals surface area contributed by atoms with Crippen LogP contribution in [0.1, 0.15) is 54.1 Å². The molecule has 45 heavy (non-hydrogen) atoms. The van der Waals surface area contributed by atoms with Gasteiger partial charge in [-0.05, 0) is 111 Å². The van der Waals surface area contributed by atoms with Crippen LogP contribution < -0.4 is 10.6 Å². The second-order valence-corrected chi connectivity index (χ2v) is 11.2. The molecule has 236 valence electrons. The van der Waals surface area contributed by atoms with Crippen molar-refractivity contribution in [1.29, 1.82) is 0 Å². The number of hydrogen-bond acceptors (Lipinski definition) is 4. The van der Waals surface area contributed by atoms with Crippen molar-refractivity contribution in [3.63, 3.8) is 0 Å². The fraction of sp³-hybridized carbons (Fsp3) is 0.294. The largest absolute Gasteiger partial charge is 0.383 e. The van der Waals surface area contributed by atoms with Gasteiger partial charge in [0.2, 0.25) is 0 Å². The summed E-state index contributed by atoms with van der Waals surface area (Å²) in [6, 6.07) is 9.49. The molecule has 0 aromatic heterocycles. The molecule has 2 fully saturated rings. The number of ketones is 1. The number of likely N-dealkylation sites (tertiary alicyclic amines) is 1. The first-order valence-electron chi connectivity index (χ1n) is 14.7. The zero-order valence-corrected chi connectivity index (χ0v) is 24.4. The second-order valence-electron chi connectivity index (χ2n) is 11.2. The van der Waals surface area contributed by atoms with Crippen molar-refractivity contribution in [2.24, 2.45) is 0 Å². The normalized spacial score (nSPS) is 20.6. The Bertz CT molecular complexity index is 1550. The molecule has 0 bridgehead atoms. The standard InChI is InChI=1S/C34H31F6N3O2/c1-2-43-9-3-4-26(43)18-41-24-7-5-21(6-8-24)34(45)42-25-16-22(10-19-12-27(35)31(39)28(36)13-19)33(44)23(17-25)11-20-14-29(37)32(40)30(38)15-20/h5-8,10-15,25-26,41H,2-4,9,16-18H2,1H3,(H,42,45)/b22-10+,23-11+. The maximum Gasteiger partial charge on any atom is 0.251 e. The first-order chi connectivity index (χ1) is 21.5. The summed E-state index contributed by atoms with van der Waals surface area (Å²) in [4.78, 5) is 29.0. The van der Waals surface area contributed by atoms with Crippen molar-refractivity contribution in [3.05, 3.63) is 111 Å². The minimum atomic E-state index is -1.67. The summed E-state index contributed by atoms with van der Waals surface area (Å²) in [5, 5.41) is 6.25. The van der Waals surface area contributed by atoms with Gasteiger partial charge in [-0.1, -0.05) is 6.92 Å². The van der Waals surface area contributed by atoms with E-state index < -0.39 is 52.6 Å². The van der Waals surface area contributed by atoms with Crippen LogP contribution in [0.5, 0.6) is 0 Å². The van der Waals surface area contributed by atoms with Crippen molar-refractivity contribution in [2.75, 3.05) is 25.0 Å². The predicted octanol–water partition coefficient (Wildman–Crippen LogP) is 7.05. The summed E-state index contributed by atoms with van der Waals surface area (Å²) in [6.07, 6.45) is 4.50. The number of benzene rings is 3. The number of rotatable bonds is 8. The molecule has 1 atom stereocenters. The number of halogens is 6. The van der Waals surface area contributed by atoms with Crippen LogP contribution in [0.2, 0.25) is 0 Å². The second kappa shape index (κ2) is 13.7. The van der Waals surface area contributed by atoms with Crippen molar-refractivity contribution in [1.82, 2.24) is 10.2 Å². The molecular weight excluding hydrogens is 596 g/mol. The van der Waals surface area contributed by atoms with Gasteiger partial charge in [0.15, 0.2) is 40.7 Å². The van der Waals surface area contributed by atoms with E-state index in [9.17, 15) is 35.9 Å². The number of amides is 1. The quantitative estimate of drug-likeness (QED) is 0.160. The number of Topliss-reactive ketones (excluding diaryl/α,β-unsaturated/α-hetero) is 1. The van der Waals surface area contributed by atoms with Crippen molar-refractivity contribution in [3.8, 4) is 0 Å². The Balaban J connectivity index is 1.36. The van der Waals surface area contributed by atoms with E-state index in [-0.39, 0.29) is 35.1 Å². The SMILES string of the molecule is CCN1CCCC1CNc1ccc(C(=O)NC2C/C(=C\c3cc(F)c(F)c(F)c3)C(=O)/C(=C/c3cc(F)c(F)c(F)c3)C2)cc1. The highest BCUT2D eigenvalue weighted by atomic mass is 19.2. The number of carbonyl (C=O) groups is 2. The van der Waals surface area contributed by atoms with Gasteiger partial charge in [-0.15, -0.1) is 0 Å². The van der Waals surface area contributed by atoms with Crippen LogP contribution in [0.25, 0.3) is 12.2 Å². The molecule has 0 radical (unpaired) electrons. The lowest BCUT2D eigenvalue weighted by atomic mass is 9.83. The Labute approximate surface area is 256 Å². The van der Waals surface area contributed by atoms with E-state index in [2.05, 4.69) is 22.5 Å². The highest BCUT2D eigenvalue weighted by Gasteiger charge is 2.30. The van der Waals surface area contributed by atoms with Crippen LogP contribution in [0.3, 0.4) is 0 Å². The molecule has 1 aliphatic heterocycles. The summed E-state index contributed by atoms with van der Waals surface area (Å²) in [5.74, 6) is -10.2. The average Bonchev–Trinajstić information content (AvgIpc) is 3.47. The zero-order chi connectivity index (χ0) is 32.2.